The topological polar surface area (TPSA) is 103 Å². The van der Waals surface area contributed by atoms with Gasteiger partial charge < -0.3 is 29.4 Å². The molecule has 0 fully saturated rings. The number of ether oxygens (including phenoxy) is 4. The number of aliphatic hydroxyl groups is 1. The Hall–Kier alpha value is -3.26. The number of hydrogen-bond donors (Lipinski definition) is 2. The lowest BCUT2D eigenvalue weighted by Gasteiger charge is -2.23. The quantitative estimate of drug-likeness (QED) is 0.527. The molecule has 0 aliphatic heterocycles. The monoisotopic (exact) mass is 431 g/mol. The van der Waals surface area contributed by atoms with Crippen molar-refractivity contribution in [2.45, 2.75) is 39.0 Å². The third-order valence-corrected chi connectivity index (χ3v) is 4.41. The summed E-state index contributed by atoms with van der Waals surface area (Å²) in [5.74, 6) is 0.242. The van der Waals surface area contributed by atoms with E-state index in [0.29, 0.717) is 18.1 Å². The Morgan fingerprint density at radius 2 is 1.71 bits per heavy atom. The Morgan fingerprint density at radius 1 is 0.968 bits per heavy atom. The molecule has 8 heteroatoms. The molecule has 2 rings (SSSR count). The molecular formula is C23H29NO7. The number of esters is 1. The zero-order valence-corrected chi connectivity index (χ0v) is 18.0. The van der Waals surface area contributed by atoms with E-state index < -0.39 is 24.2 Å². The van der Waals surface area contributed by atoms with Crippen LogP contribution in [0.15, 0.2) is 48.5 Å². The third-order valence-electron chi connectivity index (χ3n) is 4.41. The molecule has 0 bridgehead atoms. The van der Waals surface area contributed by atoms with Gasteiger partial charge in [-0.05, 0) is 43.5 Å². The van der Waals surface area contributed by atoms with E-state index in [1.165, 1.54) is 7.11 Å². The van der Waals surface area contributed by atoms with Crippen LogP contribution >= 0.6 is 0 Å². The first-order chi connectivity index (χ1) is 15.0. The van der Waals surface area contributed by atoms with Crippen molar-refractivity contribution in [3.63, 3.8) is 0 Å². The van der Waals surface area contributed by atoms with Crippen molar-refractivity contribution in [2.75, 3.05) is 20.3 Å². The molecule has 0 heterocycles. The lowest BCUT2D eigenvalue weighted by molar-refractivity contribution is -0.156. The highest BCUT2D eigenvalue weighted by molar-refractivity contribution is 5.77. The molecule has 2 atom stereocenters. The molecule has 2 aromatic carbocycles. The second kappa shape index (κ2) is 12.4. The molecule has 1 amide bonds. The summed E-state index contributed by atoms with van der Waals surface area (Å²) in [7, 11) is 1.54. The SMILES string of the molecule is CCOC(=O)NC(Cc1ccc(OC)c(OCC)c1)C(O)C(=O)OCc1ccccc1. The van der Waals surface area contributed by atoms with Gasteiger partial charge in [-0.25, -0.2) is 9.59 Å². The van der Waals surface area contributed by atoms with Gasteiger partial charge in [-0.2, -0.15) is 0 Å². The van der Waals surface area contributed by atoms with Gasteiger partial charge in [0.1, 0.15) is 6.61 Å². The largest absolute Gasteiger partial charge is 0.493 e. The van der Waals surface area contributed by atoms with Crippen LogP contribution in [0.1, 0.15) is 25.0 Å². The van der Waals surface area contributed by atoms with E-state index in [1.54, 1.807) is 37.3 Å². The highest BCUT2D eigenvalue weighted by atomic mass is 16.6. The fraction of sp³-hybridized carbons (Fsp3) is 0.391. The Labute approximate surface area is 182 Å². The Kier molecular flexibility index (Phi) is 9.64. The highest BCUT2D eigenvalue weighted by Crippen LogP contribution is 2.28. The second-order valence-corrected chi connectivity index (χ2v) is 6.63. The first-order valence-corrected chi connectivity index (χ1v) is 10.1. The van der Waals surface area contributed by atoms with Crippen LogP contribution in [0.3, 0.4) is 0 Å². The van der Waals surface area contributed by atoms with Crippen molar-refractivity contribution >= 4 is 12.1 Å². The number of aliphatic hydroxyl groups excluding tert-OH is 1. The first kappa shape index (κ1) is 24.0. The minimum absolute atomic E-state index is 0.0138. The lowest BCUT2D eigenvalue weighted by atomic mass is 10.0. The number of alkyl carbamates (subject to hydrolysis) is 1. The molecule has 8 nitrogen and oxygen atoms in total. The number of benzene rings is 2. The van der Waals surface area contributed by atoms with E-state index >= 15 is 0 Å². The molecule has 2 aromatic rings. The van der Waals surface area contributed by atoms with Crippen LogP contribution in [0.4, 0.5) is 4.79 Å². The normalized spacial score (nSPS) is 12.4. The summed E-state index contributed by atoms with van der Waals surface area (Å²) < 4.78 is 21.0. The number of methoxy groups -OCH3 is 1. The van der Waals surface area contributed by atoms with Gasteiger partial charge in [-0.15, -0.1) is 0 Å². The van der Waals surface area contributed by atoms with Crippen molar-refractivity contribution in [1.82, 2.24) is 5.32 Å². The lowest BCUT2D eigenvalue weighted by Crippen LogP contribution is -2.49. The molecule has 0 radical (unpaired) electrons. The van der Waals surface area contributed by atoms with Crippen LogP contribution in [0.5, 0.6) is 11.5 Å². The van der Waals surface area contributed by atoms with Gasteiger partial charge in [0, 0.05) is 0 Å². The second-order valence-electron chi connectivity index (χ2n) is 6.63. The standard InChI is InChI=1S/C23H29NO7/c1-4-29-20-14-17(11-12-19(20)28-3)13-18(24-23(27)30-5-2)21(25)22(26)31-15-16-9-7-6-8-10-16/h6-12,14,18,21,25H,4-5,13,15H2,1-3H3,(H,24,27). The van der Waals surface area contributed by atoms with Crippen LogP contribution in [0, 0.1) is 0 Å². The number of carbonyl (C=O) groups excluding carboxylic acids is 2. The summed E-state index contributed by atoms with van der Waals surface area (Å²) in [5.41, 5.74) is 1.51. The molecule has 2 N–H and O–H groups in total. The average Bonchev–Trinajstić information content (AvgIpc) is 2.78. The zero-order chi connectivity index (χ0) is 22.6. The van der Waals surface area contributed by atoms with E-state index in [1.807, 2.05) is 25.1 Å². The number of rotatable bonds is 11. The van der Waals surface area contributed by atoms with Crippen molar-refractivity contribution in [1.29, 1.82) is 0 Å². The Morgan fingerprint density at radius 3 is 2.35 bits per heavy atom. The molecule has 168 valence electrons. The van der Waals surface area contributed by atoms with Gasteiger partial charge in [-0.3, -0.25) is 0 Å². The summed E-state index contributed by atoms with van der Waals surface area (Å²) >= 11 is 0. The smallest absolute Gasteiger partial charge is 0.407 e. The van der Waals surface area contributed by atoms with E-state index in [0.717, 1.165) is 11.1 Å². The van der Waals surface area contributed by atoms with E-state index in [2.05, 4.69) is 5.32 Å². The van der Waals surface area contributed by atoms with Gasteiger partial charge in [0.2, 0.25) is 0 Å². The maximum absolute atomic E-state index is 12.4. The van der Waals surface area contributed by atoms with E-state index in [9.17, 15) is 14.7 Å². The summed E-state index contributed by atoms with van der Waals surface area (Å²) in [4.78, 5) is 24.4. The van der Waals surface area contributed by atoms with E-state index in [4.69, 9.17) is 18.9 Å². The van der Waals surface area contributed by atoms with Crippen LogP contribution in [-0.4, -0.2) is 49.6 Å². The first-order valence-electron chi connectivity index (χ1n) is 10.1. The van der Waals surface area contributed by atoms with Gasteiger partial charge in [0.25, 0.3) is 0 Å². The summed E-state index contributed by atoms with van der Waals surface area (Å²) in [5, 5.41) is 13.1. The molecule has 0 saturated carbocycles. The fourth-order valence-electron chi connectivity index (χ4n) is 2.91. The summed E-state index contributed by atoms with van der Waals surface area (Å²) in [6.45, 7) is 4.13. The van der Waals surface area contributed by atoms with E-state index in [-0.39, 0.29) is 19.6 Å². The molecule has 2 unspecified atom stereocenters. The molecular weight excluding hydrogens is 402 g/mol. The van der Waals surface area contributed by atoms with Gasteiger partial charge in [-0.1, -0.05) is 36.4 Å². The zero-order valence-electron chi connectivity index (χ0n) is 18.0. The van der Waals surface area contributed by atoms with Gasteiger partial charge >= 0.3 is 12.1 Å². The minimum atomic E-state index is -1.59. The van der Waals surface area contributed by atoms with Crippen molar-refractivity contribution in [3.05, 3.63) is 59.7 Å². The van der Waals surface area contributed by atoms with Gasteiger partial charge in [0.05, 0.1) is 26.4 Å². The minimum Gasteiger partial charge on any atom is -0.493 e. The van der Waals surface area contributed by atoms with Gasteiger partial charge in [0.15, 0.2) is 17.6 Å². The summed E-state index contributed by atoms with van der Waals surface area (Å²) in [6, 6.07) is 13.4. The van der Waals surface area contributed by atoms with Crippen molar-refractivity contribution in [2.24, 2.45) is 0 Å². The predicted octanol–water partition coefficient (Wildman–Crippen LogP) is 2.86. The maximum atomic E-state index is 12.4. The van der Waals surface area contributed by atoms with Crippen molar-refractivity contribution < 1.29 is 33.6 Å². The molecule has 0 saturated heterocycles. The number of hydrogen-bond acceptors (Lipinski definition) is 7. The number of amides is 1. The van der Waals surface area contributed by atoms with Crippen LogP contribution in [0.25, 0.3) is 0 Å². The average molecular weight is 431 g/mol. The molecule has 0 spiro atoms. The van der Waals surface area contributed by atoms with Crippen molar-refractivity contribution in [3.8, 4) is 11.5 Å². The Balaban J connectivity index is 2.14. The number of carbonyl (C=O) groups is 2. The molecule has 0 aliphatic rings. The molecule has 0 aliphatic carbocycles. The van der Waals surface area contributed by atoms with Crippen LogP contribution in [0.2, 0.25) is 0 Å². The predicted molar refractivity (Wildman–Crippen MR) is 114 cm³/mol. The highest BCUT2D eigenvalue weighted by Gasteiger charge is 2.30. The maximum Gasteiger partial charge on any atom is 0.407 e. The molecule has 0 aromatic heterocycles. The molecule has 31 heavy (non-hydrogen) atoms. The van der Waals surface area contributed by atoms with Crippen LogP contribution in [-0.2, 0) is 27.3 Å². The number of nitrogens with one attached hydrogen (secondary N) is 1. The fourth-order valence-corrected chi connectivity index (χ4v) is 2.91. The Bertz CT molecular complexity index is 841. The van der Waals surface area contributed by atoms with Crippen LogP contribution < -0.4 is 14.8 Å². The third kappa shape index (κ3) is 7.49. The summed E-state index contributed by atoms with van der Waals surface area (Å²) in [6.07, 6.45) is -2.18.